The second-order valence-electron chi connectivity index (χ2n) is 4.69. The molecule has 1 N–H and O–H groups in total. The lowest BCUT2D eigenvalue weighted by atomic mass is 10.1. The van der Waals surface area contributed by atoms with Gasteiger partial charge < -0.3 is 9.32 Å². The van der Waals surface area contributed by atoms with Crippen LogP contribution in [0.15, 0.2) is 39.7 Å². The number of ketones is 1. The van der Waals surface area contributed by atoms with Crippen molar-refractivity contribution in [2.24, 2.45) is 5.10 Å². The summed E-state index contributed by atoms with van der Waals surface area (Å²) >= 11 is 0. The molecule has 10 heteroatoms. The molecule has 1 aromatic rings. The maximum atomic E-state index is 12.4. The molecule has 0 atom stereocenters. The predicted octanol–water partition coefficient (Wildman–Crippen LogP) is 1.59. The highest BCUT2D eigenvalue weighted by Crippen LogP contribution is 2.19. The first-order valence-electron chi connectivity index (χ1n) is 6.44. The summed E-state index contributed by atoms with van der Waals surface area (Å²) in [5.41, 5.74) is 1.20. The molecule has 128 valence electrons. The number of Topliss-reactive ketones (excluding diaryl/α,β-unsaturated/α-hetero) is 1. The van der Waals surface area contributed by atoms with Gasteiger partial charge in [0, 0.05) is 20.3 Å². The summed E-state index contributed by atoms with van der Waals surface area (Å²) in [6.07, 6.45) is -3.77. The molecule has 0 aliphatic rings. The number of carbonyl (C=O) groups is 2. The zero-order chi connectivity index (χ0) is 18.3. The molecule has 1 heterocycles. The lowest BCUT2D eigenvalue weighted by Crippen LogP contribution is -2.28. The molecule has 7 nitrogen and oxygen atoms in total. The van der Waals surface area contributed by atoms with Crippen LogP contribution in [0, 0.1) is 11.3 Å². The van der Waals surface area contributed by atoms with Gasteiger partial charge in [-0.1, -0.05) is 0 Å². The van der Waals surface area contributed by atoms with Crippen molar-refractivity contribution in [3.05, 3.63) is 35.9 Å². The molecule has 1 rings (SSSR count). The van der Waals surface area contributed by atoms with Gasteiger partial charge in [-0.2, -0.15) is 23.5 Å². The Morgan fingerprint density at radius 3 is 2.58 bits per heavy atom. The van der Waals surface area contributed by atoms with Gasteiger partial charge >= 0.3 is 6.18 Å². The Labute approximate surface area is 135 Å². The zero-order valence-electron chi connectivity index (χ0n) is 12.7. The van der Waals surface area contributed by atoms with Crippen LogP contribution < -0.4 is 5.43 Å². The Morgan fingerprint density at radius 2 is 2.12 bits per heavy atom. The van der Waals surface area contributed by atoms with Crippen molar-refractivity contribution >= 4 is 17.4 Å². The molecule has 0 fully saturated rings. The fraction of sp³-hybridized carbons (Fsp3) is 0.286. The number of amides is 1. The Hall–Kier alpha value is -3.09. The summed E-state index contributed by atoms with van der Waals surface area (Å²) in [5.74, 6) is -3.09. The third kappa shape index (κ3) is 5.60. The summed E-state index contributed by atoms with van der Waals surface area (Å²) in [7, 11) is 3.15. The highest BCUT2D eigenvalue weighted by Gasteiger charge is 2.39. The highest BCUT2D eigenvalue weighted by molar-refractivity contribution is 6.11. The topological polar surface area (TPSA) is 98.7 Å². The maximum absolute atomic E-state index is 12.4. The smallest absolute Gasteiger partial charge is 0.450 e. The number of hydrogen-bond donors (Lipinski definition) is 1. The molecule has 0 spiro atoms. The molecule has 0 bridgehead atoms. The first kappa shape index (κ1) is 19.0. The van der Waals surface area contributed by atoms with Crippen LogP contribution in [0.25, 0.3) is 0 Å². The highest BCUT2D eigenvalue weighted by atomic mass is 19.4. The second-order valence-corrected chi connectivity index (χ2v) is 4.69. The van der Waals surface area contributed by atoms with Crippen LogP contribution in [0.4, 0.5) is 13.2 Å². The van der Waals surface area contributed by atoms with E-state index in [0.717, 1.165) is 0 Å². The summed E-state index contributed by atoms with van der Waals surface area (Å²) in [4.78, 5) is 24.3. The largest absolute Gasteiger partial charge is 0.463 e. The molecule has 0 aliphatic carbocycles. The minimum absolute atomic E-state index is 0.108. The van der Waals surface area contributed by atoms with Gasteiger partial charge in [-0.15, -0.1) is 0 Å². The van der Waals surface area contributed by atoms with Crippen LogP contribution in [-0.4, -0.2) is 42.6 Å². The molecule has 0 aliphatic heterocycles. The molecular formula is C14H13F3N4O3. The normalized spacial score (nSPS) is 12.5. The minimum Gasteiger partial charge on any atom is -0.463 e. The number of hydrogen-bond acceptors (Lipinski definition) is 6. The fourth-order valence-corrected chi connectivity index (χ4v) is 1.45. The first-order valence-corrected chi connectivity index (χ1v) is 6.44. The molecule has 0 saturated heterocycles. The molecule has 1 amide bonds. The van der Waals surface area contributed by atoms with E-state index in [2.05, 4.69) is 5.10 Å². The van der Waals surface area contributed by atoms with Crippen molar-refractivity contribution in [3.63, 3.8) is 0 Å². The zero-order valence-corrected chi connectivity index (χ0v) is 12.7. The van der Waals surface area contributed by atoms with Gasteiger partial charge in [0.1, 0.15) is 23.1 Å². The number of rotatable bonds is 6. The Bertz CT molecular complexity index is 698. The number of alkyl halides is 3. The van der Waals surface area contributed by atoms with Gasteiger partial charge in [0.05, 0.1) is 12.7 Å². The van der Waals surface area contributed by atoms with Crippen LogP contribution in [0.3, 0.4) is 0 Å². The average Bonchev–Trinajstić information content (AvgIpc) is 3.01. The number of nitriles is 1. The molecule has 1 aromatic heterocycles. The van der Waals surface area contributed by atoms with E-state index < -0.39 is 30.0 Å². The van der Waals surface area contributed by atoms with Gasteiger partial charge in [0.15, 0.2) is 0 Å². The van der Waals surface area contributed by atoms with E-state index in [1.165, 1.54) is 29.5 Å². The lowest BCUT2D eigenvalue weighted by Gasteiger charge is -2.08. The van der Waals surface area contributed by atoms with Gasteiger partial charge in [0.2, 0.25) is 5.78 Å². The number of hydrazone groups is 1. The van der Waals surface area contributed by atoms with E-state index in [9.17, 15) is 22.8 Å². The Kier molecular flexibility index (Phi) is 6.29. The first-order chi connectivity index (χ1) is 11.1. The van der Waals surface area contributed by atoms with Gasteiger partial charge in [-0.05, 0) is 12.1 Å². The van der Waals surface area contributed by atoms with Crippen molar-refractivity contribution in [1.29, 1.82) is 5.26 Å². The second kappa shape index (κ2) is 7.96. The molecule has 0 saturated carbocycles. The summed E-state index contributed by atoms with van der Waals surface area (Å²) < 4.78 is 42.1. The van der Waals surface area contributed by atoms with E-state index in [0.29, 0.717) is 0 Å². The third-order valence-electron chi connectivity index (χ3n) is 2.49. The standard InChI is InChI=1S/C14H13F3N4O3/c1-21(2)8-9(7-18)13(23)20-19-10(11-4-3-5-24-11)6-12(22)14(15,16)17/h3-5,8H,6H2,1-2H3,(H,20,23)/b9-8+,19-10-. The lowest BCUT2D eigenvalue weighted by molar-refractivity contribution is -0.169. The third-order valence-corrected chi connectivity index (χ3v) is 2.49. The quantitative estimate of drug-likeness (QED) is 0.366. The van der Waals surface area contributed by atoms with E-state index in [1.54, 1.807) is 20.2 Å². The van der Waals surface area contributed by atoms with Crippen molar-refractivity contribution < 1.29 is 27.2 Å². The van der Waals surface area contributed by atoms with E-state index in [4.69, 9.17) is 9.68 Å². The monoisotopic (exact) mass is 342 g/mol. The number of furan rings is 1. The van der Waals surface area contributed by atoms with Crippen LogP contribution >= 0.6 is 0 Å². The minimum atomic E-state index is -5.04. The fourth-order valence-electron chi connectivity index (χ4n) is 1.45. The van der Waals surface area contributed by atoms with Crippen LogP contribution in [0.1, 0.15) is 12.2 Å². The molecule has 0 aromatic carbocycles. The van der Waals surface area contributed by atoms with Crippen LogP contribution in [-0.2, 0) is 9.59 Å². The average molecular weight is 342 g/mol. The van der Waals surface area contributed by atoms with E-state index in [1.807, 2.05) is 5.43 Å². The SMILES string of the molecule is CN(C)/C=C(\C#N)C(=O)N/N=C(/CC(=O)C(F)(F)F)c1ccco1. The maximum Gasteiger partial charge on any atom is 0.450 e. The Balaban J connectivity index is 3.00. The molecule has 0 unspecified atom stereocenters. The molecule has 0 radical (unpaired) electrons. The number of nitrogens with one attached hydrogen (secondary N) is 1. The van der Waals surface area contributed by atoms with Gasteiger partial charge in [-0.25, -0.2) is 5.43 Å². The summed E-state index contributed by atoms with van der Waals surface area (Å²) in [6.45, 7) is 0. The summed E-state index contributed by atoms with van der Waals surface area (Å²) in [6, 6.07) is 4.30. The van der Waals surface area contributed by atoms with Gasteiger partial charge in [0.25, 0.3) is 5.91 Å². The van der Waals surface area contributed by atoms with E-state index >= 15 is 0 Å². The van der Waals surface area contributed by atoms with Crippen LogP contribution in [0.2, 0.25) is 0 Å². The Morgan fingerprint density at radius 1 is 1.46 bits per heavy atom. The number of carbonyl (C=O) groups excluding carboxylic acids is 2. The number of nitrogens with zero attached hydrogens (tertiary/aromatic N) is 3. The van der Waals surface area contributed by atoms with Crippen LogP contribution in [0.5, 0.6) is 0 Å². The molecular weight excluding hydrogens is 329 g/mol. The van der Waals surface area contributed by atoms with E-state index in [-0.39, 0.29) is 11.3 Å². The van der Waals surface area contributed by atoms with Crippen molar-refractivity contribution in [3.8, 4) is 6.07 Å². The van der Waals surface area contributed by atoms with Crippen molar-refractivity contribution in [2.45, 2.75) is 12.6 Å². The number of halogens is 3. The molecule has 24 heavy (non-hydrogen) atoms. The van der Waals surface area contributed by atoms with Crippen molar-refractivity contribution in [2.75, 3.05) is 14.1 Å². The summed E-state index contributed by atoms with van der Waals surface area (Å²) in [5, 5.41) is 12.4. The van der Waals surface area contributed by atoms with Gasteiger partial charge in [-0.3, -0.25) is 9.59 Å². The predicted molar refractivity (Wildman–Crippen MR) is 76.4 cm³/mol. The van der Waals surface area contributed by atoms with Crippen molar-refractivity contribution in [1.82, 2.24) is 10.3 Å².